The van der Waals surface area contributed by atoms with Crippen LogP contribution in [-0.4, -0.2) is 28.5 Å². The van der Waals surface area contributed by atoms with E-state index in [1.54, 1.807) is 11.6 Å². The number of esters is 1. The first kappa shape index (κ1) is 10.1. The van der Waals surface area contributed by atoms with Crippen LogP contribution in [0.3, 0.4) is 0 Å². The Morgan fingerprint density at radius 3 is 3.00 bits per heavy atom. The summed E-state index contributed by atoms with van der Waals surface area (Å²) in [6.07, 6.45) is 2.14. The number of nitrogens with zero attached hydrogens (tertiary/aromatic N) is 2. The van der Waals surface area contributed by atoms with E-state index in [-0.39, 0.29) is 5.97 Å². The summed E-state index contributed by atoms with van der Waals surface area (Å²) in [4.78, 5) is 15.2. The molecule has 1 rings (SSSR count). The molecule has 0 aliphatic rings. The van der Waals surface area contributed by atoms with Crippen molar-refractivity contribution in [1.82, 2.24) is 9.55 Å². The standard InChI is InChI=1S/C8H11ClN2O2/c1-11-6(8(12)13-2)5-10-7(11)3-4-9/h5H,3-4H2,1-2H3. The van der Waals surface area contributed by atoms with Crippen molar-refractivity contribution < 1.29 is 9.53 Å². The predicted molar refractivity (Wildman–Crippen MR) is 49.0 cm³/mol. The number of aromatic nitrogens is 2. The fourth-order valence-electron chi connectivity index (χ4n) is 1.06. The lowest BCUT2D eigenvalue weighted by Gasteiger charge is -2.02. The summed E-state index contributed by atoms with van der Waals surface area (Å²) in [6, 6.07) is 0. The summed E-state index contributed by atoms with van der Waals surface area (Å²) >= 11 is 5.56. The van der Waals surface area contributed by atoms with Crippen LogP contribution in [0.25, 0.3) is 0 Å². The number of carbonyl (C=O) groups is 1. The highest BCUT2D eigenvalue weighted by molar-refractivity contribution is 6.17. The first-order valence-electron chi connectivity index (χ1n) is 3.85. The van der Waals surface area contributed by atoms with Gasteiger partial charge in [0.2, 0.25) is 0 Å². The zero-order valence-corrected chi connectivity index (χ0v) is 8.34. The molecule has 1 heterocycles. The summed E-state index contributed by atoms with van der Waals surface area (Å²) in [7, 11) is 3.11. The zero-order chi connectivity index (χ0) is 9.84. The molecule has 5 heteroatoms. The molecule has 1 aromatic heterocycles. The zero-order valence-electron chi connectivity index (χ0n) is 7.58. The Hall–Kier alpha value is -1.03. The van der Waals surface area contributed by atoms with E-state index in [9.17, 15) is 4.79 Å². The Balaban J connectivity index is 2.92. The number of carbonyl (C=O) groups excluding carboxylic acids is 1. The van der Waals surface area contributed by atoms with Gasteiger partial charge in [0.1, 0.15) is 11.5 Å². The highest BCUT2D eigenvalue weighted by atomic mass is 35.5. The molecule has 0 unspecified atom stereocenters. The quantitative estimate of drug-likeness (QED) is 0.542. The number of ether oxygens (including phenoxy) is 1. The van der Waals surface area contributed by atoms with Crippen molar-refractivity contribution in [2.45, 2.75) is 6.42 Å². The third-order valence-corrected chi connectivity index (χ3v) is 1.99. The van der Waals surface area contributed by atoms with Gasteiger partial charge in [0, 0.05) is 19.3 Å². The molecule has 0 spiro atoms. The van der Waals surface area contributed by atoms with Crippen LogP contribution in [0.5, 0.6) is 0 Å². The summed E-state index contributed by atoms with van der Waals surface area (Å²) in [5.74, 6) is 0.900. The van der Waals surface area contributed by atoms with E-state index in [0.717, 1.165) is 5.82 Å². The molecular formula is C8H11ClN2O2. The van der Waals surface area contributed by atoms with Gasteiger partial charge in [0.05, 0.1) is 13.3 Å². The van der Waals surface area contributed by atoms with Crippen LogP contribution in [0.2, 0.25) is 0 Å². The fourth-order valence-corrected chi connectivity index (χ4v) is 1.23. The van der Waals surface area contributed by atoms with E-state index in [2.05, 4.69) is 9.72 Å². The van der Waals surface area contributed by atoms with Gasteiger partial charge in [-0.25, -0.2) is 9.78 Å². The number of hydrogen-bond acceptors (Lipinski definition) is 3. The number of aryl methyl sites for hydroxylation is 1. The molecule has 1 aromatic rings. The molecule has 72 valence electrons. The van der Waals surface area contributed by atoms with Crippen molar-refractivity contribution in [1.29, 1.82) is 0 Å². The minimum Gasteiger partial charge on any atom is -0.464 e. The summed E-state index contributed by atoms with van der Waals surface area (Å²) in [5.41, 5.74) is 0.447. The molecule has 0 fully saturated rings. The molecule has 0 saturated carbocycles. The van der Waals surface area contributed by atoms with E-state index in [1.807, 2.05) is 0 Å². The van der Waals surface area contributed by atoms with Gasteiger partial charge in [0.25, 0.3) is 0 Å². The highest BCUT2D eigenvalue weighted by Crippen LogP contribution is 2.05. The van der Waals surface area contributed by atoms with Gasteiger partial charge in [-0.1, -0.05) is 0 Å². The fraction of sp³-hybridized carbons (Fsp3) is 0.500. The molecule has 0 saturated heterocycles. The second-order valence-electron chi connectivity index (χ2n) is 2.55. The monoisotopic (exact) mass is 202 g/mol. The second kappa shape index (κ2) is 4.28. The molecule has 0 aliphatic carbocycles. The smallest absolute Gasteiger partial charge is 0.356 e. The number of halogens is 1. The third kappa shape index (κ3) is 2.01. The van der Waals surface area contributed by atoms with Crippen LogP contribution >= 0.6 is 11.6 Å². The molecule has 0 N–H and O–H groups in total. The lowest BCUT2D eigenvalue weighted by molar-refractivity contribution is 0.0589. The second-order valence-corrected chi connectivity index (χ2v) is 2.93. The van der Waals surface area contributed by atoms with E-state index in [4.69, 9.17) is 11.6 Å². The Bertz CT molecular complexity index is 309. The Morgan fingerprint density at radius 1 is 1.77 bits per heavy atom. The van der Waals surface area contributed by atoms with Crippen molar-refractivity contribution in [3.8, 4) is 0 Å². The maximum atomic E-state index is 11.1. The molecule has 0 aromatic carbocycles. The number of rotatable bonds is 3. The van der Waals surface area contributed by atoms with Gasteiger partial charge in [0.15, 0.2) is 0 Å². The van der Waals surface area contributed by atoms with Gasteiger partial charge >= 0.3 is 5.97 Å². The topological polar surface area (TPSA) is 44.1 Å². The average Bonchev–Trinajstić information content (AvgIpc) is 2.48. The Morgan fingerprint density at radius 2 is 2.46 bits per heavy atom. The van der Waals surface area contributed by atoms with Crippen molar-refractivity contribution in [3.63, 3.8) is 0 Å². The molecule has 0 radical (unpaired) electrons. The van der Waals surface area contributed by atoms with Gasteiger partial charge in [-0.05, 0) is 0 Å². The Labute approximate surface area is 81.5 Å². The van der Waals surface area contributed by atoms with Gasteiger partial charge in [-0.15, -0.1) is 11.6 Å². The van der Waals surface area contributed by atoms with Crippen LogP contribution in [0.15, 0.2) is 6.20 Å². The minimum atomic E-state index is -0.379. The van der Waals surface area contributed by atoms with Crippen LogP contribution in [-0.2, 0) is 18.2 Å². The van der Waals surface area contributed by atoms with Gasteiger partial charge < -0.3 is 9.30 Å². The van der Waals surface area contributed by atoms with Crippen molar-refractivity contribution in [2.24, 2.45) is 7.05 Å². The van der Waals surface area contributed by atoms with Gasteiger partial charge in [-0.3, -0.25) is 0 Å². The molecular weight excluding hydrogens is 192 g/mol. The number of hydrogen-bond donors (Lipinski definition) is 0. The number of alkyl halides is 1. The van der Waals surface area contributed by atoms with Crippen LogP contribution < -0.4 is 0 Å². The molecule has 0 aliphatic heterocycles. The molecule has 0 atom stereocenters. The van der Waals surface area contributed by atoms with E-state index < -0.39 is 0 Å². The van der Waals surface area contributed by atoms with Gasteiger partial charge in [-0.2, -0.15) is 0 Å². The number of methoxy groups -OCH3 is 1. The van der Waals surface area contributed by atoms with Crippen LogP contribution in [0.4, 0.5) is 0 Å². The SMILES string of the molecule is COC(=O)c1cnc(CCCl)n1C. The average molecular weight is 203 g/mol. The van der Waals surface area contributed by atoms with Crippen LogP contribution in [0, 0.1) is 0 Å². The summed E-state index contributed by atoms with van der Waals surface area (Å²) < 4.78 is 6.26. The molecule has 13 heavy (non-hydrogen) atoms. The van der Waals surface area contributed by atoms with E-state index in [1.165, 1.54) is 13.3 Å². The lowest BCUT2D eigenvalue weighted by Crippen LogP contribution is -2.09. The maximum absolute atomic E-state index is 11.1. The normalized spacial score (nSPS) is 10.1. The number of imidazole rings is 1. The molecule has 0 amide bonds. The first-order valence-corrected chi connectivity index (χ1v) is 4.39. The molecule has 0 bridgehead atoms. The summed E-state index contributed by atoms with van der Waals surface area (Å²) in [6.45, 7) is 0. The van der Waals surface area contributed by atoms with Crippen molar-refractivity contribution >= 4 is 17.6 Å². The Kier molecular flexibility index (Phi) is 3.31. The van der Waals surface area contributed by atoms with E-state index in [0.29, 0.717) is 18.0 Å². The summed E-state index contributed by atoms with van der Waals surface area (Å²) in [5, 5.41) is 0. The van der Waals surface area contributed by atoms with Crippen molar-refractivity contribution in [2.75, 3.05) is 13.0 Å². The van der Waals surface area contributed by atoms with Crippen LogP contribution in [0.1, 0.15) is 16.3 Å². The predicted octanol–water partition coefficient (Wildman–Crippen LogP) is 0.988. The van der Waals surface area contributed by atoms with Crippen molar-refractivity contribution in [3.05, 3.63) is 17.7 Å². The lowest BCUT2D eigenvalue weighted by atomic mass is 10.4. The minimum absolute atomic E-state index is 0.379. The highest BCUT2D eigenvalue weighted by Gasteiger charge is 2.13. The van der Waals surface area contributed by atoms with E-state index >= 15 is 0 Å². The molecule has 4 nitrogen and oxygen atoms in total. The third-order valence-electron chi connectivity index (χ3n) is 1.80. The largest absolute Gasteiger partial charge is 0.464 e. The maximum Gasteiger partial charge on any atom is 0.356 e. The first-order chi connectivity index (χ1) is 6.20.